The Hall–Kier alpha value is -3.45. The molecule has 0 saturated carbocycles. The van der Waals surface area contributed by atoms with Crippen LogP contribution in [0.5, 0.6) is 0 Å². The normalized spacial score (nSPS) is 15.1. The number of aromatic nitrogens is 2. The fourth-order valence-electron chi connectivity index (χ4n) is 3.50. The number of rotatable bonds is 7. The summed E-state index contributed by atoms with van der Waals surface area (Å²) in [5, 5.41) is 6.96. The Labute approximate surface area is 175 Å². The van der Waals surface area contributed by atoms with Crippen LogP contribution in [0.4, 0.5) is 0 Å². The Morgan fingerprint density at radius 3 is 2.70 bits per heavy atom. The van der Waals surface area contributed by atoms with Crippen molar-refractivity contribution < 1.29 is 4.79 Å². The summed E-state index contributed by atoms with van der Waals surface area (Å²) in [6, 6.07) is 12.2. The molecule has 0 saturated heterocycles. The Balaban J connectivity index is 1.55. The summed E-state index contributed by atoms with van der Waals surface area (Å²) in [7, 11) is 0. The lowest BCUT2D eigenvalue weighted by atomic mass is 10.1. The van der Waals surface area contributed by atoms with E-state index in [1.807, 2.05) is 30.6 Å². The summed E-state index contributed by atoms with van der Waals surface area (Å²) in [6.07, 6.45) is 5.50. The first-order chi connectivity index (χ1) is 14.7. The smallest absolute Gasteiger partial charge is 0.276 e. The first-order valence-electron chi connectivity index (χ1n) is 10.3. The first kappa shape index (κ1) is 19.8. The van der Waals surface area contributed by atoms with E-state index in [1.165, 1.54) is 0 Å². The van der Waals surface area contributed by atoms with Gasteiger partial charge in [0.25, 0.3) is 5.91 Å². The highest BCUT2D eigenvalue weighted by Gasteiger charge is 2.20. The van der Waals surface area contributed by atoms with Gasteiger partial charge in [0.05, 0.1) is 0 Å². The molecule has 4 rings (SSSR count). The number of guanidine groups is 1. The van der Waals surface area contributed by atoms with Crippen molar-refractivity contribution in [3.8, 4) is 11.1 Å². The van der Waals surface area contributed by atoms with E-state index in [9.17, 15) is 4.79 Å². The van der Waals surface area contributed by atoms with Crippen molar-refractivity contribution in [2.45, 2.75) is 13.8 Å². The minimum Gasteiger partial charge on any atom is -0.354 e. The van der Waals surface area contributed by atoms with Crippen molar-refractivity contribution >= 4 is 29.0 Å². The number of amides is 1. The molecule has 3 N–H and O–H groups in total. The van der Waals surface area contributed by atoms with Crippen LogP contribution in [0.15, 0.2) is 59.5 Å². The molecule has 30 heavy (non-hydrogen) atoms. The van der Waals surface area contributed by atoms with Gasteiger partial charge in [-0.3, -0.25) is 10.1 Å². The van der Waals surface area contributed by atoms with Crippen LogP contribution in [0.25, 0.3) is 28.2 Å². The van der Waals surface area contributed by atoms with Crippen molar-refractivity contribution in [3.05, 3.63) is 60.1 Å². The molecule has 3 aromatic rings. The maximum absolute atomic E-state index is 12.4. The van der Waals surface area contributed by atoms with E-state index in [2.05, 4.69) is 62.5 Å². The molecule has 0 aliphatic carbocycles. The molecule has 154 valence electrons. The van der Waals surface area contributed by atoms with Crippen molar-refractivity contribution in [2.24, 2.45) is 4.99 Å². The van der Waals surface area contributed by atoms with E-state index in [4.69, 9.17) is 0 Å². The van der Waals surface area contributed by atoms with Gasteiger partial charge in [-0.25, -0.2) is 9.98 Å². The van der Waals surface area contributed by atoms with Crippen LogP contribution < -0.4 is 10.6 Å². The molecule has 0 radical (unpaired) electrons. The maximum Gasteiger partial charge on any atom is 0.276 e. The van der Waals surface area contributed by atoms with Gasteiger partial charge < -0.3 is 15.2 Å². The highest BCUT2D eigenvalue weighted by molar-refractivity contribution is 6.14. The molecule has 0 fully saturated rings. The van der Waals surface area contributed by atoms with Crippen LogP contribution in [0.3, 0.4) is 0 Å². The van der Waals surface area contributed by atoms with Crippen LogP contribution in [-0.2, 0) is 4.79 Å². The summed E-state index contributed by atoms with van der Waals surface area (Å²) in [5.41, 5.74) is 4.17. The summed E-state index contributed by atoms with van der Waals surface area (Å²) >= 11 is 0. The Kier molecular flexibility index (Phi) is 5.90. The lowest BCUT2D eigenvalue weighted by molar-refractivity contribution is -0.115. The molecular weight excluding hydrogens is 376 g/mol. The number of H-pyrrole nitrogens is 1. The molecule has 7 nitrogen and oxygen atoms in total. The van der Waals surface area contributed by atoms with Crippen LogP contribution in [0, 0.1) is 0 Å². The zero-order valence-electron chi connectivity index (χ0n) is 17.3. The molecule has 1 aliphatic rings. The number of benzene rings is 1. The molecule has 1 aliphatic heterocycles. The molecular formula is C23H26N6O. The molecule has 1 amide bonds. The number of fused-ring (bicyclic) bond motifs is 1. The van der Waals surface area contributed by atoms with E-state index < -0.39 is 0 Å². The molecule has 1 aromatic carbocycles. The molecule has 3 heterocycles. The largest absolute Gasteiger partial charge is 0.354 e. The minimum absolute atomic E-state index is 0.207. The molecule has 2 aromatic heterocycles. The van der Waals surface area contributed by atoms with Crippen molar-refractivity contribution in [3.63, 3.8) is 0 Å². The molecule has 0 spiro atoms. The van der Waals surface area contributed by atoms with Gasteiger partial charge in [-0.05, 0) is 30.8 Å². The predicted molar refractivity (Wildman–Crippen MR) is 121 cm³/mol. The quantitative estimate of drug-likeness (QED) is 0.531. The second kappa shape index (κ2) is 8.92. The standard InChI is InChI=1S/C23H26N6O/c1-3-29(4-2)11-10-24-23-27-20(22(30)28-23)13-18-15-26-21-19(18)12-17(14-25-21)16-8-6-5-7-9-16/h5-9,12-15H,3-4,10-11H2,1-2H3,(H,25,26)(H2,24,27,28,30)/b20-13-. The fourth-order valence-corrected chi connectivity index (χ4v) is 3.50. The van der Waals surface area contributed by atoms with Crippen molar-refractivity contribution in [1.29, 1.82) is 0 Å². The highest BCUT2D eigenvalue weighted by Crippen LogP contribution is 2.26. The number of likely N-dealkylation sites (N-methyl/N-ethyl adjacent to an activating group) is 1. The summed E-state index contributed by atoms with van der Waals surface area (Å²) in [4.78, 5) is 26.8. The number of nitrogens with zero attached hydrogens (tertiary/aromatic N) is 3. The topological polar surface area (TPSA) is 85.4 Å². The lowest BCUT2D eigenvalue weighted by Gasteiger charge is -2.18. The van der Waals surface area contributed by atoms with Gasteiger partial charge in [0, 0.05) is 42.0 Å². The van der Waals surface area contributed by atoms with E-state index in [0.717, 1.165) is 53.9 Å². The zero-order chi connectivity index (χ0) is 20.9. The number of nitrogens with one attached hydrogen (secondary N) is 3. The Bertz CT molecular complexity index is 1100. The van der Waals surface area contributed by atoms with Gasteiger partial charge >= 0.3 is 0 Å². The SMILES string of the molecule is CCN(CC)CCNC1=N/C(=C\c2c[nH]c3ncc(-c4ccccc4)cc23)C(=O)N1. The van der Waals surface area contributed by atoms with E-state index in [1.54, 1.807) is 6.08 Å². The number of carbonyl (C=O) groups is 1. The fraction of sp³-hybridized carbons (Fsp3) is 0.261. The number of aromatic amines is 1. The van der Waals surface area contributed by atoms with Gasteiger partial charge in [-0.1, -0.05) is 44.2 Å². The summed E-state index contributed by atoms with van der Waals surface area (Å²) in [6.45, 7) is 7.91. The third-order valence-electron chi connectivity index (χ3n) is 5.27. The van der Waals surface area contributed by atoms with Crippen LogP contribution in [0.1, 0.15) is 19.4 Å². The number of pyridine rings is 1. The van der Waals surface area contributed by atoms with Crippen molar-refractivity contribution in [1.82, 2.24) is 25.5 Å². The van der Waals surface area contributed by atoms with Gasteiger partial charge in [-0.15, -0.1) is 0 Å². The summed E-state index contributed by atoms with van der Waals surface area (Å²) < 4.78 is 0. The highest BCUT2D eigenvalue weighted by atomic mass is 16.2. The summed E-state index contributed by atoms with van der Waals surface area (Å²) in [5.74, 6) is 0.295. The second-order valence-corrected chi connectivity index (χ2v) is 7.13. The van der Waals surface area contributed by atoms with Gasteiger partial charge in [-0.2, -0.15) is 0 Å². The van der Waals surface area contributed by atoms with E-state index >= 15 is 0 Å². The Morgan fingerprint density at radius 2 is 1.93 bits per heavy atom. The third kappa shape index (κ3) is 4.26. The molecule has 0 bridgehead atoms. The lowest BCUT2D eigenvalue weighted by Crippen LogP contribution is -2.40. The predicted octanol–water partition coefficient (Wildman–Crippen LogP) is 2.99. The number of hydrogen-bond donors (Lipinski definition) is 3. The number of hydrogen-bond acceptors (Lipinski definition) is 5. The van der Waals surface area contributed by atoms with Crippen LogP contribution in [-0.4, -0.2) is 52.9 Å². The monoisotopic (exact) mass is 402 g/mol. The molecule has 0 atom stereocenters. The maximum atomic E-state index is 12.4. The second-order valence-electron chi connectivity index (χ2n) is 7.13. The van der Waals surface area contributed by atoms with Gasteiger partial charge in [0.2, 0.25) is 5.96 Å². The average Bonchev–Trinajstić information content (AvgIpc) is 3.34. The average molecular weight is 403 g/mol. The number of carbonyl (C=O) groups excluding carboxylic acids is 1. The molecule has 0 unspecified atom stereocenters. The molecule has 7 heteroatoms. The third-order valence-corrected chi connectivity index (χ3v) is 5.27. The first-order valence-corrected chi connectivity index (χ1v) is 10.3. The van der Waals surface area contributed by atoms with Crippen LogP contribution in [0.2, 0.25) is 0 Å². The van der Waals surface area contributed by atoms with E-state index in [-0.39, 0.29) is 5.91 Å². The number of aliphatic imine (C=N–C) groups is 1. The van der Waals surface area contributed by atoms with Gasteiger partial charge in [0.1, 0.15) is 11.3 Å². The minimum atomic E-state index is -0.207. The van der Waals surface area contributed by atoms with Crippen LogP contribution >= 0.6 is 0 Å². The van der Waals surface area contributed by atoms with E-state index in [0.29, 0.717) is 11.7 Å². The van der Waals surface area contributed by atoms with Gasteiger partial charge in [0.15, 0.2) is 0 Å². The zero-order valence-corrected chi connectivity index (χ0v) is 17.3. The van der Waals surface area contributed by atoms with Crippen molar-refractivity contribution in [2.75, 3.05) is 26.2 Å². The Morgan fingerprint density at radius 1 is 1.13 bits per heavy atom.